The molecular formula is C28H27N5O3. The fourth-order valence-electron chi connectivity index (χ4n) is 4.79. The number of benzene rings is 2. The zero-order chi connectivity index (χ0) is 24.5. The summed E-state index contributed by atoms with van der Waals surface area (Å²) < 4.78 is 5.62. The van der Waals surface area contributed by atoms with Crippen molar-refractivity contribution in [3.63, 3.8) is 0 Å². The molecule has 0 atom stereocenters. The van der Waals surface area contributed by atoms with Crippen LogP contribution in [0.1, 0.15) is 47.7 Å². The fraction of sp³-hybridized carbons (Fsp3) is 0.286. The summed E-state index contributed by atoms with van der Waals surface area (Å²) in [7, 11) is 0. The van der Waals surface area contributed by atoms with Crippen molar-refractivity contribution in [1.82, 2.24) is 20.4 Å². The zero-order valence-corrected chi connectivity index (χ0v) is 19.8. The van der Waals surface area contributed by atoms with Crippen LogP contribution in [0, 0.1) is 0 Å². The summed E-state index contributed by atoms with van der Waals surface area (Å²) >= 11 is 0. The third-order valence-electron chi connectivity index (χ3n) is 6.89. The number of carbonyl (C=O) groups excluding carboxylic acids is 2. The van der Waals surface area contributed by atoms with Gasteiger partial charge in [0.15, 0.2) is 0 Å². The van der Waals surface area contributed by atoms with E-state index in [0.717, 1.165) is 29.8 Å². The molecule has 2 aliphatic rings. The molecule has 1 aliphatic heterocycles. The van der Waals surface area contributed by atoms with Crippen LogP contribution in [-0.4, -0.2) is 46.1 Å². The van der Waals surface area contributed by atoms with Crippen LogP contribution in [0.4, 0.5) is 10.5 Å². The van der Waals surface area contributed by atoms with Crippen LogP contribution in [-0.2, 0) is 0 Å². The molecule has 0 radical (unpaired) electrons. The van der Waals surface area contributed by atoms with Crippen molar-refractivity contribution in [3.05, 3.63) is 78.0 Å². The molecule has 2 fully saturated rings. The molecule has 3 heterocycles. The average molecular weight is 482 g/mol. The quantitative estimate of drug-likeness (QED) is 0.408. The molecule has 6 rings (SSSR count). The lowest BCUT2D eigenvalue weighted by molar-refractivity contribution is 0.0710. The summed E-state index contributed by atoms with van der Waals surface area (Å²) in [4.78, 5) is 32.7. The van der Waals surface area contributed by atoms with Crippen LogP contribution in [0.2, 0.25) is 0 Å². The Morgan fingerprint density at radius 3 is 2.31 bits per heavy atom. The van der Waals surface area contributed by atoms with Crippen molar-refractivity contribution in [2.75, 3.05) is 18.4 Å². The van der Waals surface area contributed by atoms with Gasteiger partial charge in [0.25, 0.3) is 11.6 Å². The third kappa shape index (κ3) is 4.54. The maximum Gasteiger partial charge on any atom is 0.319 e. The second-order valence-electron chi connectivity index (χ2n) is 9.48. The van der Waals surface area contributed by atoms with E-state index in [2.05, 4.69) is 15.8 Å². The number of urea groups is 1. The lowest BCUT2D eigenvalue weighted by atomic mass is 10.0. The van der Waals surface area contributed by atoms with E-state index in [1.807, 2.05) is 71.6 Å². The highest BCUT2D eigenvalue weighted by molar-refractivity contribution is 6.09. The number of pyridine rings is 1. The van der Waals surface area contributed by atoms with E-state index >= 15 is 0 Å². The topological polar surface area (TPSA) is 100 Å². The molecule has 36 heavy (non-hydrogen) atoms. The number of carbonyl (C=O) groups is 2. The van der Waals surface area contributed by atoms with Gasteiger partial charge in [0.1, 0.15) is 5.69 Å². The van der Waals surface area contributed by atoms with Crippen LogP contribution in [0.3, 0.4) is 0 Å². The number of likely N-dealkylation sites (tertiary alicyclic amines) is 1. The number of hydrogen-bond acceptors (Lipinski definition) is 5. The van der Waals surface area contributed by atoms with Gasteiger partial charge in [-0.15, -0.1) is 0 Å². The van der Waals surface area contributed by atoms with Crippen molar-refractivity contribution >= 4 is 28.7 Å². The van der Waals surface area contributed by atoms with Crippen LogP contribution in [0.15, 0.2) is 71.3 Å². The van der Waals surface area contributed by atoms with E-state index in [1.54, 1.807) is 0 Å². The number of piperidine rings is 1. The number of fused-ring (bicyclic) bond motifs is 1. The Bertz CT molecular complexity index is 1390. The van der Waals surface area contributed by atoms with Gasteiger partial charge in [-0.3, -0.25) is 4.79 Å². The Balaban J connectivity index is 1.20. The third-order valence-corrected chi connectivity index (χ3v) is 6.89. The number of rotatable bonds is 5. The van der Waals surface area contributed by atoms with Gasteiger partial charge in [-0.1, -0.05) is 53.7 Å². The molecule has 8 nitrogen and oxygen atoms in total. The molecule has 3 amide bonds. The minimum atomic E-state index is -0.229. The molecular weight excluding hydrogens is 454 g/mol. The molecule has 8 heteroatoms. The Morgan fingerprint density at radius 2 is 1.61 bits per heavy atom. The zero-order valence-electron chi connectivity index (χ0n) is 19.8. The van der Waals surface area contributed by atoms with Gasteiger partial charge in [-0.05, 0) is 43.9 Å². The molecule has 1 saturated heterocycles. The van der Waals surface area contributed by atoms with E-state index in [1.165, 1.54) is 0 Å². The van der Waals surface area contributed by atoms with Gasteiger partial charge in [-0.2, -0.15) is 0 Å². The lowest BCUT2D eigenvalue weighted by Gasteiger charge is -2.32. The van der Waals surface area contributed by atoms with Crippen molar-refractivity contribution in [2.45, 2.75) is 37.6 Å². The Kier molecular flexibility index (Phi) is 5.85. The van der Waals surface area contributed by atoms with Crippen LogP contribution >= 0.6 is 0 Å². The molecule has 182 valence electrons. The molecule has 2 N–H and O–H groups in total. The van der Waals surface area contributed by atoms with Crippen LogP contribution in [0.5, 0.6) is 0 Å². The van der Waals surface area contributed by atoms with Crippen molar-refractivity contribution in [2.24, 2.45) is 0 Å². The van der Waals surface area contributed by atoms with E-state index in [0.29, 0.717) is 54.2 Å². The molecule has 2 aromatic carbocycles. The van der Waals surface area contributed by atoms with Crippen molar-refractivity contribution in [3.8, 4) is 11.3 Å². The Hall–Kier alpha value is -4.20. The van der Waals surface area contributed by atoms with Gasteiger partial charge in [0.05, 0.1) is 10.9 Å². The molecule has 0 bridgehead atoms. The fourth-order valence-corrected chi connectivity index (χ4v) is 4.79. The maximum absolute atomic E-state index is 13.8. The van der Waals surface area contributed by atoms with Crippen molar-refractivity contribution in [1.29, 1.82) is 0 Å². The highest BCUT2D eigenvalue weighted by Gasteiger charge is 2.32. The smallest absolute Gasteiger partial charge is 0.319 e. The maximum atomic E-state index is 13.8. The predicted octanol–water partition coefficient (Wildman–Crippen LogP) is 5.19. The number of para-hydroxylation sites is 1. The van der Waals surface area contributed by atoms with Crippen LogP contribution < -0.4 is 10.6 Å². The van der Waals surface area contributed by atoms with E-state index in [4.69, 9.17) is 9.51 Å². The molecule has 4 aromatic rings. The van der Waals surface area contributed by atoms with E-state index in [9.17, 15) is 9.59 Å². The number of nitrogens with zero attached hydrogens (tertiary/aromatic N) is 3. The molecule has 2 aromatic heterocycles. The van der Waals surface area contributed by atoms with Crippen molar-refractivity contribution < 1.29 is 14.1 Å². The Morgan fingerprint density at radius 1 is 0.917 bits per heavy atom. The largest absolute Gasteiger partial charge is 0.338 e. The van der Waals surface area contributed by atoms with Crippen LogP contribution in [0.25, 0.3) is 22.4 Å². The number of nitrogens with one attached hydrogen (secondary N) is 2. The molecule has 1 saturated carbocycles. The summed E-state index contributed by atoms with van der Waals surface area (Å²) in [6.07, 6.45) is 3.53. The molecule has 0 unspecified atom stereocenters. The number of hydrogen-bond donors (Lipinski definition) is 2. The highest BCUT2D eigenvalue weighted by Crippen LogP contribution is 2.41. The average Bonchev–Trinajstić information content (AvgIpc) is 3.68. The van der Waals surface area contributed by atoms with E-state index < -0.39 is 0 Å². The van der Waals surface area contributed by atoms with Gasteiger partial charge >= 0.3 is 6.03 Å². The lowest BCUT2D eigenvalue weighted by Crippen LogP contribution is -2.47. The Labute approximate surface area is 208 Å². The summed E-state index contributed by atoms with van der Waals surface area (Å²) in [6.45, 7) is 1.12. The minimum Gasteiger partial charge on any atom is -0.338 e. The van der Waals surface area contributed by atoms with Gasteiger partial charge in [0, 0.05) is 42.0 Å². The first-order valence-corrected chi connectivity index (χ1v) is 12.4. The van der Waals surface area contributed by atoms with E-state index in [-0.39, 0.29) is 18.0 Å². The normalized spacial score (nSPS) is 16.2. The monoisotopic (exact) mass is 481 g/mol. The first-order valence-electron chi connectivity index (χ1n) is 12.4. The number of amides is 3. The second-order valence-corrected chi connectivity index (χ2v) is 9.48. The standard InChI is InChI=1S/C28H27N5O3/c34-27(33-15-13-21(14-16-33)30-28(35)29-20-9-5-2-6-10-20)22-17-23(18-11-12-18)31-26-24(22)25(32-36-26)19-7-3-1-4-8-19/h1-10,17-18,21H,11-16H2,(H2,29,30,35). The van der Waals surface area contributed by atoms with Gasteiger partial charge < -0.3 is 20.1 Å². The van der Waals surface area contributed by atoms with Gasteiger partial charge in [-0.25, -0.2) is 9.78 Å². The summed E-state index contributed by atoms with van der Waals surface area (Å²) in [6, 6.07) is 20.8. The first kappa shape index (κ1) is 22.3. The number of anilines is 1. The molecule has 1 aliphatic carbocycles. The highest BCUT2D eigenvalue weighted by atomic mass is 16.5. The summed E-state index contributed by atoms with van der Waals surface area (Å²) in [5, 5.41) is 10.8. The predicted molar refractivity (Wildman–Crippen MR) is 137 cm³/mol. The first-order chi connectivity index (χ1) is 17.7. The van der Waals surface area contributed by atoms with Gasteiger partial charge in [0.2, 0.25) is 0 Å². The number of aromatic nitrogens is 2. The second kappa shape index (κ2) is 9.45. The summed E-state index contributed by atoms with van der Waals surface area (Å²) in [5.41, 5.74) is 4.18. The summed E-state index contributed by atoms with van der Waals surface area (Å²) in [5.74, 6) is 0.334. The minimum absolute atomic E-state index is 0.00715. The molecule has 0 spiro atoms. The SMILES string of the molecule is O=C(Nc1ccccc1)NC1CCN(C(=O)c2cc(C3CC3)nc3onc(-c4ccccc4)c23)CC1.